The summed E-state index contributed by atoms with van der Waals surface area (Å²) >= 11 is 0. The lowest BCUT2D eigenvalue weighted by atomic mass is 9.35. The third kappa shape index (κ3) is 2.50. The van der Waals surface area contributed by atoms with Gasteiger partial charge in [-0.05, 0) is 110 Å². The SMILES string of the molecule is C[C@H]1CC[C@]2(NC1)O[C@H]1C[C@@]3(C)[C@@H]4CC[C@H]5C[C@@H](O)CC[C@]5(C)C4(C)CC[C@]3(C)[C@H]1[C@@H]2C. The van der Waals surface area contributed by atoms with Crippen LogP contribution in [-0.4, -0.2) is 29.6 Å². The van der Waals surface area contributed by atoms with Gasteiger partial charge in [-0.3, -0.25) is 5.32 Å². The van der Waals surface area contributed by atoms with Crippen molar-refractivity contribution in [2.45, 2.75) is 124 Å². The summed E-state index contributed by atoms with van der Waals surface area (Å²) < 4.78 is 7.11. The average molecular weight is 444 g/mol. The highest BCUT2D eigenvalue weighted by atomic mass is 16.5. The fraction of sp³-hybridized carbons (Fsp3) is 1.00. The highest BCUT2D eigenvalue weighted by Gasteiger charge is 2.75. The molecule has 0 aromatic heterocycles. The first-order valence-electron chi connectivity index (χ1n) is 14.1. The fourth-order valence-electron chi connectivity index (χ4n) is 11.4. The molecule has 3 heteroatoms. The van der Waals surface area contributed by atoms with Crippen molar-refractivity contribution in [1.82, 2.24) is 5.32 Å². The lowest BCUT2D eigenvalue weighted by molar-refractivity contribution is -0.221. The highest BCUT2D eigenvalue weighted by molar-refractivity contribution is 5.23. The van der Waals surface area contributed by atoms with Crippen molar-refractivity contribution in [3.05, 3.63) is 0 Å². The van der Waals surface area contributed by atoms with Crippen LogP contribution in [0.1, 0.15) is 106 Å². The predicted octanol–water partition coefficient (Wildman–Crippen LogP) is 6.15. The van der Waals surface area contributed by atoms with Gasteiger partial charge in [0, 0.05) is 12.5 Å². The molecule has 1 unspecified atom stereocenters. The van der Waals surface area contributed by atoms with Gasteiger partial charge in [0.05, 0.1) is 12.2 Å². The summed E-state index contributed by atoms with van der Waals surface area (Å²) in [5.41, 5.74) is 1.49. The molecule has 4 aliphatic carbocycles. The molecular formula is C29H49NO2. The summed E-state index contributed by atoms with van der Waals surface area (Å²) in [6.07, 6.45) is 12.9. The van der Waals surface area contributed by atoms with Crippen LogP contribution in [0.2, 0.25) is 0 Å². The molecule has 6 aliphatic rings. The third-order valence-electron chi connectivity index (χ3n) is 13.7. The van der Waals surface area contributed by atoms with Crippen molar-refractivity contribution in [3.8, 4) is 0 Å². The van der Waals surface area contributed by atoms with Crippen LogP contribution in [0.25, 0.3) is 0 Å². The van der Waals surface area contributed by atoms with Crippen LogP contribution in [0.4, 0.5) is 0 Å². The summed E-state index contributed by atoms with van der Waals surface area (Å²) in [5, 5.41) is 14.4. The quantitative estimate of drug-likeness (QED) is 0.472. The van der Waals surface area contributed by atoms with Crippen LogP contribution in [0.15, 0.2) is 0 Å². The van der Waals surface area contributed by atoms with Gasteiger partial charge in [-0.25, -0.2) is 0 Å². The Morgan fingerprint density at radius 3 is 2.28 bits per heavy atom. The van der Waals surface area contributed by atoms with Crippen molar-refractivity contribution in [3.63, 3.8) is 0 Å². The zero-order valence-electron chi connectivity index (χ0n) is 21.7. The molecule has 12 atom stereocenters. The van der Waals surface area contributed by atoms with Gasteiger partial charge >= 0.3 is 0 Å². The Kier molecular flexibility index (Phi) is 4.72. The number of rotatable bonds is 0. The lowest BCUT2D eigenvalue weighted by Crippen LogP contribution is -2.64. The molecule has 2 aliphatic heterocycles. The fourth-order valence-corrected chi connectivity index (χ4v) is 11.4. The van der Waals surface area contributed by atoms with Gasteiger partial charge < -0.3 is 9.84 Å². The first kappa shape index (κ1) is 22.4. The summed E-state index contributed by atoms with van der Waals surface area (Å²) in [5.74, 6) is 3.58. The molecule has 2 N–H and O–H groups in total. The van der Waals surface area contributed by atoms with Crippen molar-refractivity contribution >= 4 is 0 Å². The van der Waals surface area contributed by atoms with Crippen molar-refractivity contribution in [2.24, 2.45) is 51.2 Å². The number of aliphatic hydroxyl groups is 1. The number of ether oxygens (including phenoxy) is 1. The number of aliphatic hydroxyl groups excluding tert-OH is 1. The molecule has 3 nitrogen and oxygen atoms in total. The molecule has 2 saturated heterocycles. The first-order chi connectivity index (χ1) is 15.0. The molecule has 2 heterocycles. The maximum Gasteiger partial charge on any atom is 0.122 e. The average Bonchev–Trinajstić information content (AvgIpc) is 3.13. The maximum absolute atomic E-state index is 10.4. The van der Waals surface area contributed by atoms with Gasteiger partial charge in [0.1, 0.15) is 5.72 Å². The Bertz CT molecular complexity index is 775. The summed E-state index contributed by atoms with van der Waals surface area (Å²) in [6.45, 7) is 16.7. The Morgan fingerprint density at radius 1 is 0.812 bits per heavy atom. The Balaban J connectivity index is 1.33. The molecule has 1 spiro atoms. The molecule has 0 radical (unpaired) electrons. The minimum Gasteiger partial charge on any atom is -0.393 e. The van der Waals surface area contributed by atoms with Gasteiger partial charge in [0.25, 0.3) is 0 Å². The number of nitrogens with one attached hydrogen (secondary N) is 1. The zero-order valence-corrected chi connectivity index (χ0v) is 21.7. The van der Waals surface area contributed by atoms with Crippen molar-refractivity contribution in [1.29, 1.82) is 0 Å². The van der Waals surface area contributed by atoms with Crippen molar-refractivity contribution in [2.75, 3.05) is 6.54 Å². The van der Waals surface area contributed by atoms with E-state index in [1.54, 1.807) is 0 Å². The maximum atomic E-state index is 10.4. The van der Waals surface area contributed by atoms with E-state index in [9.17, 15) is 5.11 Å². The molecule has 0 amide bonds. The minimum atomic E-state index is -0.0594. The van der Waals surface area contributed by atoms with Crippen LogP contribution in [0.3, 0.4) is 0 Å². The molecule has 0 aromatic rings. The third-order valence-corrected chi connectivity index (χ3v) is 13.7. The van der Waals surface area contributed by atoms with Crippen LogP contribution in [0.5, 0.6) is 0 Å². The standard InChI is InChI=1S/C29H49NO2/c1-18-9-12-29(30-17-18)19(2)24-22(32-29)16-28(6)23-8-7-20-15-21(31)10-11-25(20,3)26(23,4)13-14-27(24,28)5/h18-24,30-31H,7-17H2,1-6H3/t18-,19-,20-,21-,22-,23+,24-,25-,26?,27+,28-,29-/m0/s1. The van der Waals surface area contributed by atoms with E-state index in [-0.39, 0.29) is 11.8 Å². The molecule has 182 valence electrons. The molecule has 6 fully saturated rings. The Labute approximate surface area is 196 Å². The van der Waals surface area contributed by atoms with Crippen LogP contribution < -0.4 is 5.32 Å². The Hall–Kier alpha value is -0.120. The second-order valence-electron chi connectivity index (χ2n) is 14.5. The van der Waals surface area contributed by atoms with E-state index in [0.29, 0.717) is 45.5 Å². The zero-order chi connectivity index (χ0) is 22.7. The van der Waals surface area contributed by atoms with E-state index >= 15 is 0 Å². The number of fused-ring (bicyclic) bond motifs is 7. The summed E-state index contributed by atoms with van der Waals surface area (Å²) in [4.78, 5) is 0. The predicted molar refractivity (Wildman–Crippen MR) is 129 cm³/mol. The molecule has 32 heavy (non-hydrogen) atoms. The van der Waals surface area contributed by atoms with E-state index in [2.05, 4.69) is 46.9 Å². The topological polar surface area (TPSA) is 41.5 Å². The number of hydrogen-bond acceptors (Lipinski definition) is 3. The number of piperidine rings is 1. The number of hydrogen-bond donors (Lipinski definition) is 2. The van der Waals surface area contributed by atoms with E-state index in [1.165, 1.54) is 51.4 Å². The summed E-state index contributed by atoms with van der Waals surface area (Å²) in [7, 11) is 0. The van der Waals surface area contributed by atoms with Gasteiger partial charge in [-0.1, -0.05) is 41.5 Å². The monoisotopic (exact) mass is 443 g/mol. The van der Waals surface area contributed by atoms with Crippen molar-refractivity contribution < 1.29 is 9.84 Å². The molecule has 4 saturated carbocycles. The molecule has 0 aromatic carbocycles. The van der Waals surface area contributed by atoms with Gasteiger partial charge in [-0.2, -0.15) is 0 Å². The Morgan fingerprint density at radius 2 is 1.56 bits per heavy atom. The largest absolute Gasteiger partial charge is 0.393 e. The lowest BCUT2D eigenvalue weighted by Gasteiger charge is -2.70. The van der Waals surface area contributed by atoms with Crippen LogP contribution in [0, 0.1) is 51.2 Å². The normalized spacial score (nSPS) is 64.0. The second kappa shape index (κ2) is 6.76. The molecule has 6 rings (SSSR count). The summed E-state index contributed by atoms with van der Waals surface area (Å²) in [6, 6.07) is 0. The van der Waals surface area contributed by atoms with E-state index < -0.39 is 0 Å². The van der Waals surface area contributed by atoms with Crippen LogP contribution >= 0.6 is 0 Å². The first-order valence-corrected chi connectivity index (χ1v) is 14.1. The van der Waals surface area contributed by atoms with E-state index in [1.807, 2.05) is 0 Å². The van der Waals surface area contributed by atoms with E-state index in [4.69, 9.17) is 4.74 Å². The molecule has 0 bridgehead atoms. The van der Waals surface area contributed by atoms with E-state index in [0.717, 1.165) is 31.2 Å². The van der Waals surface area contributed by atoms with Gasteiger partial charge in [-0.15, -0.1) is 0 Å². The van der Waals surface area contributed by atoms with Gasteiger partial charge in [0.15, 0.2) is 0 Å². The highest BCUT2D eigenvalue weighted by Crippen LogP contribution is 2.79. The van der Waals surface area contributed by atoms with Crippen LogP contribution in [-0.2, 0) is 4.74 Å². The molecular weight excluding hydrogens is 394 g/mol. The second-order valence-corrected chi connectivity index (χ2v) is 14.5. The minimum absolute atomic E-state index is 0.0559. The van der Waals surface area contributed by atoms with Gasteiger partial charge in [0.2, 0.25) is 0 Å². The smallest absolute Gasteiger partial charge is 0.122 e.